The largest absolute Gasteiger partial charge is 0.462 e. The minimum Gasteiger partial charge on any atom is -0.462 e. The molecular weight excluding hydrogens is 1850 g/mol. The first-order valence-electron chi connectivity index (χ1n) is 48.6. The number of hydrogen-bond donors (Lipinski definition) is 23. The van der Waals surface area contributed by atoms with Crippen LogP contribution in [0.1, 0.15) is 173 Å². The zero-order chi connectivity index (χ0) is 102. The molecule has 13 aliphatic rings. The fraction of sp³-hybridized carbons (Fsp3) is 0.884. The lowest BCUT2D eigenvalue weighted by Gasteiger charge is -2.72. The Hall–Kier alpha value is -4.15. The first-order chi connectivity index (χ1) is 65.1. The molecule has 8 heterocycles. The third-order valence-electron chi connectivity index (χ3n) is 33.4. The summed E-state index contributed by atoms with van der Waals surface area (Å²) in [6.45, 7) is 26.9. The lowest BCUT2D eigenvalue weighted by molar-refractivity contribution is -0.390. The molecule has 0 amide bonds. The van der Waals surface area contributed by atoms with Crippen molar-refractivity contribution in [3.63, 3.8) is 0 Å². The van der Waals surface area contributed by atoms with Crippen LogP contribution in [0.25, 0.3) is 0 Å². The van der Waals surface area contributed by atoms with Crippen molar-refractivity contribution in [2.24, 2.45) is 56.2 Å². The second-order valence-electron chi connectivity index (χ2n) is 43.4. The molecule has 0 spiro atoms. The Labute approximate surface area is 806 Å². The Morgan fingerprint density at radius 3 is 1.63 bits per heavy atom. The van der Waals surface area contributed by atoms with Gasteiger partial charge in [0.25, 0.3) is 0 Å². The van der Waals surface area contributed by atoms with E-state index in [-0.39, 0.29) is 55.9 Å². The summed E-state index contributed by atoms with van der Waals surface area (Å²) >= 11 is 0. The van der Waals surface area contributed by atoms with Crippen LogP contribution in [0, 0.1) is 56.2 Å². The molecule has 0 aromatic carbocycles. The molecule has 0 radical (unpaired) electrons. The van der Waals surface area contributed by atoms with E-state index in [4.69, 9.17) is 85.3 Å². The number of allylic oxidation sites excluding steroid dienone is 3. The Balaban J connectivity index is 0.763. The summed E-state index contributed by atoms with van der Waals surface area (Å²) in [6, 6.07) is 0. The van der Waals surface area contributed by atoms with Gasteiger partial charge in [-0.25, -0.2) is 4.79 Å². The van der Waals surface area contributed by atoms with Crippen molar-refractivity contribution in [3.05, 3.63) is 48.6 Å². The number of carbonyl (C=O) groups is 3. The molecule has 0 bridgehead atoms. The lowest BCUT2D eigenvalue weighted by atomic mass is 9.33. The summed E-state index contributed by atoms with van der Waals surface area (Å²) in [4.78, 5) is 45.1. The molecule has 8 saturated heterocycles. The van der Waals surface area contributed by atoms with E-state index in [0.29, 0.717) is 38.5 Å². The molecule has 44 nitrogen and oxygen atoms in total. The van der Waals surface area contributed by atoms with Gasteiger partial charge in [0.05, 0.1) is 81.2 Å². The second kappa shape index (κ2) is 43.9. The predicted octanol–water partition coefficient (Wildman–Crippen LogP) is -4.32. The quantitative estimate of drug-likeness (QED) is 0.00971. The number of aliphatic hydroxyl groups excluding tert-OH is 22. The van der Waals surface area contributed by atoms with E-state index in [2.05, 4.69) is 53.9 Å². The number of carbonyl (C=O) groups excluding carboxylic acids is 3. The summed E-state index contributed by atoms with van der Waals surface area (Å²) in [6.07, 6.45) is -59.2. The SMILES string of the molecule is C=C[C@](C)(O)CC/C=C(\C)C(=O)O[C@H]1[C@H](O)[C@@H](O)[C@H](O[C@](C)(C=C)CCCC(C)C(=O)O[C@H]2C[C@]3(C(=O)O[C@@H]4O[C@H](CO)[C@@H](O)[C@H](O)[C@H]4O[C@@H]4O[C@@H](C)[C@H](O[C@@H]5O[C@@H](CO)[C@H](O)[C@H]5O)[C@@H](O[C@@H]5O[C@H](CO)[C@@H](O)[C@H](O)[C@H]5O)[C@H]4O)[C@H](O)C[C@]4(C)C(=CC[C@@H]5[C@@]6(C)CC[C@H](O[C@@H]7O[C@H](CO[C@@H]8OC[C@H](O)[C@H](O)[C@H]8O[C@@H]8OC[C@@H](O)[C@H](O)[C@H]8O)[C@@H](O)[C@H](O)[C@H]7O)C(C)(C)C6CC[C@]54C)[C@H]3CC2(C)C)O[C@@H]1C. The van der Waals surface area contributed by atoms with E-state index in [9.17, 15) is 122 Å². The van der Waals surface area contributed by atoms with Crippen LogP contribution in [0.2, 0.25) is 0 Å². The Morgan fingerprint density at radius 1 is 0.504 bits per heavy atom. The van der Waals surface area contributed by atoms with Crippen molar-refractivity contribution in [1.29, 1.82) is 0 Å². The molecule has 0 aromatic heterocycles. The third kappa shape index (κ3) is 21.8. The van der Waals surface area contributed by atoms with Gasteiger partial charge in [0.15, 0.2) is 56.2 Å². The van der Waals surface area contributed by atoms with Crippen LogP contribution in [0.4, 0.5) is 0 Å². The Morgan fingerprint density at radius 2 is 1.01 bits per heavy atom. The van der Waals surface area contributed by atoms with Crippen molar-refractivity contribution >= 4 is 17.9 Å². The average molecular weight is 2000 g/mol. The molecule has 13 rings (SSSR count). The molecule has 796 valence electrons. The Bertz CT molecular complexity index is 4200. The molecule has 0 aromatic rings. The minimum atomic E-state index is -2.26. The normalized spacial score (nSPS) is 48.8. The first kappa shape index (κ1) is 112. The van der Waals surface area contributed by atoms with E-state index in [1.807, 2.05) is 13.8 Å². The molecule has 5 aliphatic carbocycles. The molecule has 50 atom stereocenters. The Kier molecular flexibility index (Phi) is 35.4. The summed E-state index contributed by atoms with van der Waals surface area (Å²) in [5, 5.41) is 257. The van der Waals surface area contributed by atoms with E-state index >= 15 is 9.59 Å². The van der Waals surface area contributed by atoms with Crippen LogP contribution in [0.3, 0.4) is 0 Å². The molecule has 4 saturated carbocycles. The number of rotatable bonds is 33. The fourth-order valence-electron chi connectivity index (χ4n) is 24.2. The van der Waals surface area contributed by atoms with Crippen molar-refractivity contribution in [1.82, 2.24) is 0 Å². The summed E-state index contributed by atoms with van der Waals surface area (Å²) in [7, 11) is 0. The maximum Gasteiger partial charge on any atom is 0.333 e. The highest BCUT2D eigenvalue weighted by molar-refractivity contribution is 5.88. The van der Waals surface area contributed by atoms with Gasteiger partial charge in [0, 0.05) is 17.4 Å². The predicted molar refractivity (Wildman–Crippen MR) is 471 cm³/mol. The lowest BCUT2D eigenvalue weighted by Crippen LogP contribution is -2.70. The van der Waals surface area contributed by atoms with Crippen LogP contribution in [-0.2, 0) is 99.6 Å². The first-order valence-corrected chi connectivity index (χ1v) is 48.6. The minimum absolute atomic E-state index is 0.0232. The number of aliphatic hydroxyl groups is 23. The summed E-state index contributed by atoms with van der Waals surface area (Å²) in [5.41, 5.74) is -7.69. The van der Waals surface area contributed by atoms with Crippen LogP contribution < -0.4 is 0 Å². The highest BCUT2D eigenvalue weighted by Gasteiger charge is 2.74. The maximum atomic E-state index is 16.8. The van der Waals surface area contributed by atoms with E-state index in [1.54, 1.807) is 26.8 Å². The van der Waals surface area contributed by atoms with Crippen molar-refractivity contribution in [3.8, 4) is 0 Å². The topological polar surface area (TPSA) is 683 Å². The van der Waals surface area contributed by atoms with Gasteiger partial charge in [-0.1, -0.05) is 85.3 Å². The van der Waals surface area contributed by atoms with Crippen LogP contribution in [0.5, 0.6) is 0 Å². The molecule has 23 N–H and O–H groups in total. The molecule has 44 heteroatoms. The summed E-state index contributed by atoms with van der Waals surface area (Å²) in [5.74, 6) is -4.89. The van der Waals surface area contributed by atoms with E-state index in [1.165, 1.54) is 32.9 Å². The highest BCUT2D eigenvalue weighted by Crippen LogP contribution is 2.76. The van der Waals surface area contributed by atoms with Crippen molar-refractivity contribution in [2.45, 2.75) is 430 Å². The second-order valence-corrected chi connectivity index (χ2v) is 43.4. The van der Waals surface area contributed by atoms with Gasteiger partial charge in [-0.15, -0.1) is 13.2 Å². The van der Waals surface area contributed by atoms with Gasteiger partial charge in [-0.2, -0.15) is 0 Å². The van der Waals surface area contributed by atoms with Gasteiger partial charge in [-0.3, -0.25) is 9.59 Å². The zero-order valence-corrected chi connectivity index (χ0v) is 80.9. The molecule has 8 aliphatic heterocycles. The average Bonchev–Trinajstić information content (AvgIpc) is 0.921. The smallest absolute Gasteiger partial charge is 0.333 e. The van der Waals surface area contributed by atoms with Gasteiger partial charge < -0.3 is 203 Å². The number of hydrogen-bond acceptors (Lipinski definition) is 44. The van der Waals surface area contributed by atoms with Gasteiger partial charge >= 0.3 is 17.9 Å². The van der Waals surface area contributed by atoms with Gasteiger partial charge in [-0.05, 0) is 151 Å². The van der Waals surface area contributed by atoms with Crippen LogP contribution in [0.15, 0.2) is 48.6 Å². The van der Waals surface area contributed by atoms with Gasteiger partial charge in [0.1, 0.15) is 164 Å². The summed E-state index contributed by atoms with van der Waals surface area (Å²) < 4.78 is 110. The third-order valence-corrected chi connectivity index (χ3v) is 33.4. The number of esters is 3. The highest BCUT2D eigenvalue weighted by atomic mass is 16.8. The zero-order valence-electron chi connectivity index (χ0n) is 80.9. The number of ether oxygens (including phenoxy) is 18. The van der Waals surface area contributed by atoms with Gasteiger partial charge in [0.2, 0.25) is 6.29 Å². The molecule has 2 unspecified atom stereocenters. The fourth-order valence-corrected chi connectivity index (χ4v) is 24.2. The van der Waals surface area contributed by atoms with E-state index in [0.717, 1.165) is 5.57 Å². The molecular formula is C95H152O44. The molecule has 139 heavy (non-hydrogen) atoms. The monoisotopic (exact) mass is 2000 g/mol. The van der Waals surface area contributed by atoms with Crippen LogP contribution >= 0.6 is 0 Å². The standard InChI is InChI=1S/C95H152O44/c1-16-90(11,121)26-18-20-40(4)78(119)133-72-41(5)126-84(70(116)65(72)111)139-91(12,17-2)27-19-21-39(3)77(118)131-55-32-95(87(120)138-86-76(64(110)59(105)48(34-97)129-86)137-83-71(117)74(135-82-69(115)62(108)58(104)47(33-96)127-82)73(42(6)125-83)134-81-67(113)60(106)49(35-98)128-81)44(30-88(55,7)8)43-22-23-52-92(13)28-25-54(89(9,10)51(92)24-29-93(52,14)94(43,15)31-53(95)101)132-80-68(114)63(109)61(107)50(130-80)38-124-85-75(57(103)46(100)37-123-85)136-79-66(112)56(102)45(99)36-122-79/h16-17,20,22,39,41-42,44-76,79-86,96-117,121H,1-2,18-19,21,23-38H2,3-15H3/b40-20+/t39?,41-,42+,44-,45-,46+,47-,48-,49+,50-,51?,52-,53-,54+,55+,56+,57+,58-,59-,60+,61-,62+,63+,64+,65-,66-,67-,68-,69-,70-,71-,72-,73+,74+,75-,76-,79+,80+,81+,82+,83+,84+,85+,86+,90+,91-,92+,93-,94-,95-/m1/s1. The van der Waals surface area contributed by atoms with Crippen molar-refractivity contribution in [2.75, 3.05) is 39.6 Å². The van der Waals surface area contributed by atoms with Crippen molar-refractivity contribution < 1.29 is 217 Å². The van der Waals surface area contributed by atoms with E-state index < -0.39 is 365 Å². The number of fused-ring (bicyclic) bond motifs is 7. The maximum absolute atomic E-state index is 16.8. The molecule has 12 fully saturated rings. The van der Waals surface area contributed by atoms with Crippen LogP contribution in [-0.4, -0.2) is 432 Å².